The standard InChI is InChI=1S/C15H24N4O3/c16-13(20)7-1-4-10-19(11-5-2-8-14(17)21)12-6-3-9-15(18)22/h1-3,7-9H,4-6,10-12H2,(H2,16,20)(H2,17,21)(H2,18,22). The first kappa shape index (κ1) is 19.6. The lowest BCUT2D eigenvalue weighted by Crippen LogP contribution is -2.26. The predicted molar refractivity (Wildman–Crippen MR) is 85.3 cm³/mol. The molecule has 0 aromatic heterocycles. The van der Waals surface area contributed by atoms with E-state index in [9.17, 15) is 14.4 Å². The van der Waals surface area contributed by atoms with Crippen molar-refractivity contribution in [2.75, 3.05) is 19.6 Å². The van der Waals surface area contributed by atoms with E-state index in [-0.39, 0.29) is 0 Å². The van der Waals surface area contributed by atoms with Crippen LogP contribution in [-0.2, 0) is 14.4 Å². The average molecular weight is 308 g/mol. The molecule has 0 atom stereocenters. The second-order valence-corrected chi connectivity index (χ2v) is 4.62. The third-order valence-corrected chi connectivity index (χ3v) is 2.68. The van der Waals surface area contributed by atoms with E-state index >= 15 is 0 Å². The highest BCUT2D eigenvalue weighted by molar-refractivity contribution is 5.86. The van der Waals surface area contributed by atoms with Crippen LogP contribution < -0.4 is 17.2 Å². The largest absolute Gasteiger partial charge is 0.366 e. The molecule has 22 heavy (non-hydrogen) atoms. The van der Waals surface area contributed by atoms with Gasteiger partial charge in [0.1, 0.15) is 0 Å². The van der Waals surface area contributed by atoms with Gasteiger partial charge in [0.05, 0.1) is 0 Å². The third kappa shape index (κ3) is 14.0. The van der Waals surface area contributed by atoms with Crippen LogP contribution in [0, 0.1) is 0 Å². The maximum atomic E-state index is 10.6. The minimum Gasteiger partial charge on any atom is -0.366 e. The molecule has 6 N–H and O–H groups in total. The molecule has 0 spiro atoms. The maximum Gasteiger partial charge on any atom is 0.241 e. The van der Waals surface area contributed by atoms with Gasteiger partial charge >= 0.3 is 0 Å². The van der Waals surface area contributed by atoms with Crippen molar-refractivity contribution >= 4 is 17.7 Å². The van der Waals surface area contributed by atoms with E-state index in [0.29, 0.717) is 19.3 Å². The molecule has 7 nitrogen and oxygen atoms in total. The van der Waals surface area contributed by atoms with E-state index in [1.165, 1.54) is 18.2 Å². The molecular formula is C15H24N4O3. The molecule has 0 fully saturated rings. The fourth-order valence-electron chi connectivity index (χ4n) is 1.71. The maximum absolute atomic E-state index is 10.6. The van der Waals surface area contributed by atoms with Crippen molar-refractivity contribution in [3.8, 4) is 0 Å². The molecule has 0 aromatic rings. The highest BCUT2D eigenvalue weighted by Gasteiger charge is 2.02. The van der Waals surface area contributed by atoms with Gasteiger partial charge in [0, 0.05) is 19.6 Å². The zero-order chi connectivity index (χ0) is 16.8. The summed E-state index contributed by atoms with van der Waals surface area (Å²) >= 11 is 0. The molecule has 0 saturated heterocycles. The van der Waals surface area contributed by atoms with Gasteiger partial charge in [0.2, 0.25) is 17.7 Å². The highest BCUT2D eigenvalue weighted by atomic mass is 16.1. The number of nitrogens with zero attached hydrogens (tertiary/aromatic N) is 1. The summed E-state index contributed by atoms with van der Waals surface area (Å²) in [4.78, 5) is 34.0. The van der Waals surface area contributed by atoms with Crippen molar-refractivity contribution < 1.29 is 14.4 Å². The summed E-state index contributed by atoms with van der Waals surface area (Å²) in [5, 5.41) is 0. The van der Waals surface area contributed by atoms with Crippen molar-refractivity contribution in [1.82, 2.24) is 4.90 Å². The van der Waals surface area contributed by atoms with Crippen LogP contribution >= 0.6 is 0 Å². The van der Waals surface area contributed by atoms with Gasteiger partial charge in [-0.15, -0.1) is 0 Å². The molecule has 0 bridgehead atoms. The Morgan fingerprint density at radius 3 is 1.14 bits per heavy atom. The molecule has 0 aromatic carbocycles. The van der Waals surface area contributed by atoms with Crippen molar-refractivity contribution in [3.05, 3.63) is 36.5 Å². The predicted octanol–water partition coefficient (Wildman–Crippen LogP) is -0.417. The lowest BCUT2D eigenvalue weighted by atomic mass is 10.2. The first-order valence-electron chi connectivity index (χ1n) is 7.02. The summed E-state index contributed by atoms with van der Waals surface area (Å²) in [6, 6.07) is 0. The van der Waals surface area contributed by atoms with E-state index in [1.54, 1.807) is 18.2 Å². The van der Waals surface area contributed by atoms with E-state index in [2.05, 4.69) is 4.90 Å². The van der Waals surface area contributed by atoms with Crippen LogP contribution in [-0.4, -0.2) is 42.3 Å². The van der Waals surface area contributed by atoms with Crippen molar-refractivity contribution in [2.45, 2.75) is 19.3 Å². The summed E-state index contributed by atoms with van der Waals surface area (Å²) in [7, 11) is 0. The molecular weight excluding hydrogens is 284 g/mol. The van der Waals surface area contributed by atoms with Crippen LogP contribution in [0.15, 0.2) is 36.5 Å². The molecule has 3 amide bonds. The smallest absolute Gasteiger partial charge is 0.241 e. The second-order valence-electron chi connectivity index (χ2n) is 4.62. The fourth-order valence-corrected chi connectivity index (χ4v) is 1.71. The summed E-state index contributed by atoms with van der Waals surface area (Å²) in [6.45, 7) is 2.20. The molecule has 0 radical (unpaired) electrons. The van der Waals surface area contributed by atoms with Gasteiger partial charge in [0.25, 0.3) is 0 Å². The lowest BCUT2D eigenvalue weighted by molar-refractivity contribution is -0.114. The SMILES string of the molecule is NC(=O)C=CCCN(CCC=CC(N)=O)CCC=CC(N)=O. The minimum absolute atomic E-state index is 0.472. The van der Waals surface area contributed by atoms with Crippen molar-refractivity contribution in [1.29, 1.82) is 0 Å². The molecule has 0 heterocycles. The monoisotopic (exact) mass is 308 g/mol. The van der Waals surface area contributed by atoms with Gasteiger partial charge in [-0.2, -0.15) is 0 Å². The van der Waals surface area contributed by atoms with Gasteiger partial charge in [-0.25, -0.2) is 0 Å². The minimum atomic E-state index is -0.472. The number of carbonyl (C=O) groups is 3. The molecule has 0 aliphatic rings. The van der Waals surface area contributed by atoms with Crippen molar-refractivity contribution in [3.63, 3.8) is 0 Å². The quantitative estimate of drug-likeness (QED) is 0.422. The number of hydrogen-bond acceptors (Lipinski definition) is 4. The van der Waals surface area contributed by atoms with Gasteiger partial charge in [-0.3, -0.25) is 14.4 Å². The molecule has 0 aliphatic carbocycles. The number of carbonyl (C=O) groups excluding carboxylic acids is 3. The molecule has 0 saturated carbocycles. The average Bonchev–Trinajstić information content (AvgIpc) is 2.42. The molecule has 122 valence electrons. The third-order valence-electron chi connectivity index (χ3n) is 2.68. The van der Waals surface area contributed by atoms with Crippen LogP contribution in [0.4, 0.5) is 0 Å². The Morgan fingerprint density at radius 2 is 0.909 bits per heavy atom. The molecule has 0 aliphatic heterocycles. The van der Waals surface area contributed by atoms with Gasteiger partial charge < -0.3 is 22.1 Å². The zero-order valence-corrected chi connectivity index (χ0v) is 12.6. The van der Waals surface area contributed by atoms with Gasteiger partial charge in [-0.05, 0) is 37.5 Å². The van der Waals surface area contributed by atoms with E-state index in [4.69, 9.17) is 17.2 Å². The Labute approximate surface area is 130 Å². The Morgan fingerprint density at radius 1 is 0.636 bits per heavy atom. The Balaban J connectivity index is 4.26. The number of nitrogens with two attached hydrogens (primary N) is 3. The first-order chi connectivity index (χ1) is 10.4. The van der Waals surface area contributed by atoms with Crippen LogP contribution in [0.1, 0.15) is 19.3 Å². The Hall–Kier alpha value is -2.41. The second kappa shape index (κ2) is 12.3. The first-order valence-corrected chi connectivity index (χ1v) is 7.02. The summed E-state index contributed by atoms with van der Waals surface area (Å²) < 4.78 is 0. The van der Waals surface area contributed by atoms with Crippen molar-refractivity contribution in [2.24, 2.45) is 17.2 Å². The fraction of sp³-hybridized carbons (Fsp3) is 0.400. The molecule has 0 rings (SSSR count). The van der Waals surface area contributed by atoms with E-state index in [0.717, 1.165) is 19.6 Å². The number of primary amides is 3. The van der Waals surface area contributed by atoms with Crippen LogP contribution in [0.25, 0.3) is 0 Å². The summed E-state index contributed by atoms with van der Waals surface area (Å²) in [5.41, 5.74) is 15.1. The molecule has 0 unspecified atom stereocenters. The van der Waals surface area contributed by atoms with E-state index < -0.39 is 17.7 Å². The Bertz CT molecular complexity index is 389. The van der Waals surface area contributed by atoms with Crippen LogP contribution in [0.2, 0.25) is 0 Å². The summed E-state index contributed by atoms with van der Waals surface area (Å²) in [5.74, 6) is -1.42. The van der Waals surface area contributed by atoms with Gasteiger partial charge in [0.15, 0.2) is 0 Å². The highest BCUT2D eigenvalue weighted by Crippen LogP contribution is 1.99. The Kier molecular flexibility index (Phi) is 11.0. The topological polar surface area (TPSA) is 133 Å². The van der Waals surface area contributed by atoms with Gasteiger partial charge in [-0.1, -0.05) is 18.2 Å². The molecule has 7 heteroatoms. The normalized spacial score (nSPS) is 11.9. The number of amides is 3. The van der Waals surface area contributed by atoms with Crippen LogP contribution in [0.3, 0.4) is 0 Å². The zero-order valence-electron chi connectivity index (χ0n) is 12.6. The van der Waals surface area contributed by atoms with E-state index in [1.807, 2.05) is 0 Å². The number of hydrogen-bond donors (Lipinski definition) is 3. The lowest BCUT2D eigenvalue weighted by Gasteiger charge is -2.20. The van der Waals surface area contributed by atoms with Crippen LogP contribution in [0.5, 0.6) is 0 Å². The summed E-state index contributed by atoms with van der Waals surface area (Å²) in [6.07, 6.45) is 11.2. The number of rotatable bonds is 12.